The van der Waals surface area contributed by atoms with Gasteiger partial charge in [-0.05, 0) is 13.0 Å². The predicted molar refractivity (Wildman–Crippen MR) is 52.9 cm³/mol. The predicted octanol–water partition coefficient (Wildman–Crippen LogP) is 2.73. The molecule has 0 amide bonds. The van der Waals surface area contributed by atoms with E-state index in [1.165, 1.54) is 6.07 Å². The molecule has 0 radical (unpaired) electrons. The van der Waals surface area contributed by atoms with Gasteiger partial charge in [0.15, 0.2) is 0 Å². The highest BCUT2D eigenvalue weighted by Gasteiger charge is 2.10. The topological polar surface area (TPSA) is 35.2 Å². The zero-order valence-corrected chi connectivity index (χ0v) is 8.43. The SMILES string of the molecule is C[C@H](N)c1ccccc1OC(F)F.Cl. The van der Waals surface area contributed by atoms with Crippen LogP contribution in [0.1, 0.15) is 18.5 Å². The van der Waals surface area contributed by atoms with E-state index < -0.39 is 6.61 Å². The van der Waals surface area contributed by atoms with Crippen molar-refractivity contribution in [3.63, 3.8) is 0 Å². The number of hydrogen-bond acceptors (Lipinski definition) is 2. The number of alkyl halides is 2. The number of para-hydroxylation sites is 1. The third kappa shape index (κ3) is 3.47. The summed E-state index contributed by atoms with van der Waals surface area (Å²) in [7, 11) is 0. The molecule has 0 spiro atoms. The number of halogens is 3. The van der Waals surface area contributed by atoms with Crippen LogP contribution in [0, 0.1) is 0 Å². The molecular formula is C9H12ClF2NO. The third-order valence-corrected chi connectivity index (χ3v) is 1.63. The molecule has 0 unspecified atom stereocenters. The average molecular weight is 224 g/mol. The second-order valence-electron chi connectivity index (χ2n) is 2.71. The molecule has 0 aliphatic rings. The van der Waals surface area contributed by atoms with Crippen LogP contribution in [-0.2, 0) is 0 Å². The lowest BCUT2D eigenvalue weighted by Crippen LogP contribution is -2.10. The summed E-state index contributed by atoms with van der Waals surface area (Å²) in [5, 5.41) is 0. The van der Waals surface area contributed by atoms with E-state index in [9.17, 15) is 8.78 Å². The van der Waals surface area contributed by atoms with Crippen LogP contribution in [-0.4, -0.2) is 6.61 Å². The zero-order chi connectivity index (χ0) is 9.84. The first-order chi connectivity index (χ1) is 6.11. The Labute approximate surface area is 87.5 Å². The van der Waals surface area contributed by atoms with Gasteiger partial charge in [-0.3, -0.25) is 0 Å². The first kappa shape index (κ1) is 13.1. The molecule has 2 nitrogen and oxygen atoms in total. The van der Waals surface area contributed by atoms with Crippen LogP contribution in [0.2, 0.25) is 0 Å². The maximum Gasteiger partial charge on any atom is 0.387 e. The summed E-state index contributed by atoms with van der Waals surface area (Å²) in [6.07, 6.45) is 0. The van der Waals surface area contributed by atoms with Crippen LogP contribution < -0.4 is 10.5 Å². The third-order valence-electron chi connectivity index (χ3n) is 1.63. The summed E-state index contributed by atoms with van der Waals surface area (Å²) in [5.41, 5.74) is 6.15. The van der Waals surface area contributed by atoms with Crippen LogP contribution in [0.3, 0.4) is 0 Å². The molecule has 0 aliphatic heterocycles. The molecule has 0 aliphatic carbocycles. The van der Waals surface area contributed by atoms with Crippen LogP contribution in [0.25, 0.3) is 0 Å². The molecule has 0 heterocycles. The lowest BCUT2D eigenvalue weighted by atomic mass is 10.1. The molecule has 0 saturated heterocycles. The van der Waals surface area contributed by atoms with Gasteiger partial charge in [0.2, 0.25) is 0 Å². The fourth-order valence-corrected chi connectivity index (χ4v) is 1.06. The minimum Gasteiger partial charge on any atom is -0.434 e. The largest absolute Gasteiger partial charge is 0.434 e. The standard InChI is InChI=1S/C9H11F2NO.ClH/c1-6(12)7-4-2-3-5-8(7)13-9(10)11;/h2-6,9H,12H2,1H3;1H/t6-;/m0./s1. The van der Waals surface area contributed by atoms with Crippen molar-refractivity contribution in [1.82, 2.24) is 0 Å². The highest BCUT2D eigenvalue weighted by atomic mass is 35.5. The molecular weight excluding hydrogens is 212 g/mol. The number of nitrogens with two attached hydrogens (primary N) is 1. The Morgan fingerprint density at radius 3 is 2.36 bits per heavy atom. The summed E-state index contributed by atoms with van der Waals surface area (Å²) >= 11 is 0. The Hall–Kier alpha value is -0.870. The van der Waals surface area contributed by atoms with Crippen molar-refractivity contribution in [1.29, 1.82) is 0 Å². The van der Waals surface area contributed by atoms with E-state index >= 15 is 0 Å². The second kappa shape index (κ2) is 5.78. The zero-order valence-electron chi connectivity index (χ0n) is 7.61. The summed E-state index contributed by atoms with van der Waals surface area (Å²) in [4.78, 5) is 0. The fourth-order valence-electron chi connectivity index (χ4n) is 1.06. The van der Waals surface area contributed by atoms with Crippen molar-refractivity contribution in [2.24, 2.45) is 5.73 Å². The molecule has 80 valence electrons. The Bertz CT molecular complexity index is 281. The van der Waals surface area contributed by atoms with Gasteiger partial charge in [0.1, 0.15) is 5.75 Å². The number of rotatable bonds is 3. The Balaban J connectivity index is 0.00000169. The van der Waals surface area contributed by atoms with Crippen molar-refractivity contribution in [2.75, 3.05) is 0 Å². The van der Waals surface area contributed by atoms with Gasteiger partial charge in [-0.15, -0.1) is 12.4 Å². The van der Waals surface area contributed by atoms with Gasteiger partial charge < -0.3 is 10.5 Å². The van der Waals surface area contributed by atoms with Crippen LogP contribution >= 0.6 is 12.4 Å². The number of hydrogen-bond donors (Lipinski definition) is 1. The molecule has 14 heavy (non-hydrogen) atoms. The molecule has 0 saturated carbocycles. The van der Waals surface area contributed by atoms with Crippen LogP contribution in [0.15, 0.2) is 24.3 Å². The number of ether oxygens (including phenoxy) is 1. The maximum absolute atomic E-state index is 11.9. The normalized spacial score (nSPS) is 12.1. The Morgan fingerprint density at radius 2 is 1.86 bits per heavy atom. The molecule has 0 aromatic heterocycles. The first-order valence-electron chi connectivity index (χ1n) is 3.90. The highest BCUT2D eigenvalue weighted by molar-refractivity contribution is 5.85. The molecule has 0 bridgehead atoms. The molecule has 1 aromatic carbocycles. The monoisotopic (exact) mass is 223 g/mol. The van der Waals surface area contributed by atoms with Gasteiger partial charge in [0.05, 0.1) is 0 Å². The molecule has 1 rings (SSSR count). The van der Waals surface area contributed by atoms with Gasteiger partial charge >= 0.3 is 6.61 Å². The van der Waals surface area contributed by atoms with E-state index in [4.69, 9.17) is 5.73 Å². The van der Waals surface area contributed by atoms with Crippen LogP contribution in [0.4, 0.5) is 8.78 Å². The summed E-state index contributed by atoms with van der Waals surface area (Å²) in [5.74, 6) is 0.146. The minimum absolute atomic E-state index is 0. The highest BCUT2D eigenvalue weighted by Crippen LogP contribution is 2.24. The van der Waals surface area contributed by atoms with E-state index in [-0.39, 0.29) is 24.2 Å². The molecule has 5 heteroatoms. The van der Waals surface area contributed by atoms with Gasteiger partial charge in [0, 0.05) is 11.6 Å². The number of benzene rings is 1. The second-order valence-corrected chi connectivity index (χ2v) is 2.71. The van der Waals surface area contributed by atoms with Gasteiger partial charge in [-0.2, -0.15) is 8.78 Å². The van der Waals surface area contributed by atoms with Gasteiger partial charge in [0.25, 0.3) is 0 Å². The van der Waals surface area contributed by atoms with Crippen molar-refractivity contribution in [3.05, 3.63) is 29.8 Å². The summed E-state index contributed by atoms with van der Waals surface area (Å²) in [6, 6.07) is 6.20. The first-order valence-corrected chi connectivity index (χ1v) is 3.90. The fraction of sp³-hybridized carbons (Fsp3) is 0.333. The Morgan fingerprint density at radius 1 is 1.29 bits per heavy atom. The van der Waals surface area contributed by atoms with Gasteiger partial charge in [-0.25, -0.2) is 0 Å². The molecule has 0 fully saturated rings. The molecule has 1 aromatic rings. The summed E-state index contributed by atoms with van der Waals surface area (Å²) in [6.45, 7) is -1.09. The van der Waals surface area contributed by atoms with E-state index in [0.29, 0.717) is 5.56 Å². The van der Waals surface area contributed by atoms with Crippen LogP contribution in [0.5, 0.6) is 5.75 Å². The molecule has 2 N–H and O–H groups in total. The van der Waals surface area contributed by atoms with E-state index in [1.54, 1.807) is 25.1 Å². The van der Waals surface area contributed by atoms with Crippen molar-refractivity contribution in [3.8, 4) is 5.75 Å². The molecule has 1 atom stereocenters. The smallest absolute Gasteiger partial charge is 0.387 e. The average Bonchev–Trinajstić information content (AvgIpc) is 2.03. The lowest BCUT2D eigenvalue weighted by molar-refractivity contribution is -0.0505. The summed E-state index contributed by atoms with van der Waals surface area (Å²) < 4.78 is 28.1. The van der Waals surface area contributed by atoms with E-state index in [0.717, 1.165) is 0 Å². The van der Waals surface area contributed by atoms with Crippen molar-refractivity contribution >= 4 is 12.4 Å². The van der Waals surface area contributed by atoms with Crippen molar-refractivity contribution in [2.45, 2.75) is 19.6 Å². The quantitative estimate of drug-likeness (QED) is 0.855. The van der Waals surface area contributed by atoms with E-state index in [2.05, 4.69) is 4.74 Å². The van der Waals surface area contributed by atoms with E-state index in [1.807, 2.05) is 0 Å². The van der Waals surface area contributed by atoms with Crippen molar-refractivity contribution < 1.29 is 13.5 Å². The Kier molecular flexibility index (Phi) is 5.42. The minimum atomic E-state index is -2.81. The van der Waals surface area contributed by atoms with Gasteiger partial charge in [-0.1, -0.05) is 18.2 Å². The maximum atomic E-state index is 11.9. The lowest BCUT2D eigenvalue weighted by Gasteiger charge is -2.12.